The second-order valence-corrected chi connectivity index (χ2v) is 12.4. The third kappa shape index (κ3) is 4.84. The van der Waals surface area contributed by atoms with E-state index in [1.165, 1.54) is 7.11 Å². The topological polar surface area (TPSA) is 106 Å². The van der Waals surface area contributed by atoms with Crippen molar-refractivity contribution in [2.45, 2.75) is 84.1 Å². The summed E-state index contributed by atoms with van der Waals surface area (Å²) in [4.78, 5) is 35.7. The zero-order chi connectivity index (χ0) is 27.5. The molecule has 3 aliphatic rings. The number of aromatic nitrogens is 2. The maximum Gasteiger partial charge on any atom is 0.494 e. The highest BCUT2D eigenvalue weighted by molar-refractivity contribution is 6.62. The van der Waals surface area contributed by atoms with Crippen LogP contribution in [-0.4, -0.2) is 64.9 Å². The highest BCUT2D eigenvalue weighted by atomic mass is 16.7. The van der Waals surface area contributed by atoms with Gasteiger partial charge in [0.05, 0.1) is 36.2 Å². The Morgan fingerprint density at radius 1 is 1.13 bits per heavy atom. The van der Waals surface area contributed by atoms with E-state index < -0.39 is 19.3 Å². The molecule has 1 aliphatic carbocycles. The predicted octanol–water partition coefficient (Wildman–Crippen LogP) is 3.81. The maximum atomic E-state index is 13.7. The minimum atomic E-state index is -0.657. The highest BCUT2D eigenvalue weighted by Crippen LogP contribution is 2.58. The normalized spacial score (nSPS) is 23.6. The SMILES string of the molecule is COC(=O)N[C@H](C(=O)N1CC2(CC2)CC1c1ncc(-c2ccc(B3OC(C)(C)C(C)(C)O3)cc2)[nH]1)C(C)C. The minimum absolute atomic E-state index is 0.0762. The fourth-order valence-corrected chi connectivity index (χ4v) is 5.40. The van der Waals surface area contributed by atoms with Crippen molar-refractivity contribution in [2.24, 2.45) is 11.3 Å². The van der Waals surface area contributed by atoms with Gasteiger partial charge in [-0.2, -0.15) is 0 Å². The van der Waals surface area contributed by atoms with Gasteiger partial charge in [-0.3, -0.25) is 4.79 Å². The Kier molecular flexibility index (Phi) is 6.63. The number of methoxy groups -OCH3 is 1. The summed E-state index contributed by atoms with van der Waals surface area (Å²) in [5, 5.41) is 2.73. The van der Waals surface area contributed by atoms with E-state index in [4.69, 9.17) is 19.0 Å². The third-order valence-corrected chi connectivity index (χ3v) is 8.80. The monoisotopic (exact) mass is 522 g/mol. The number of aromatic amines is 1. The molecule has 2 aliphatic heterocycles. The molecule has 1 aromatic carbocycles. The Balaban J connectivity index is 1.34. The number of likely N-dealkylation sites (tertiary alicyclic amines) is 1. The van der Waals surface area contributed by atoms with Gasteiger partial charge in [-0.25, -0.2) is 9.78 Å². The van der Waals surface area contributed by atoms with Crippen molar-refractivity contribution in [2.75, 3.05) is 13.7 Å². The quantitative estimate of drug-likeness (QED) is 0.559. The summed E-state index contributed by atoms with van der Waals surface area (Å²) >= 11 is 0. The fourth-order valence-electron chi connectivity index (χ4n) is 5.40. The van der Waals surface area contributed by atoms with Crippen molar-refractivity contribution >= 4 is 24.6 Å². The molecule has 2 saturated heterocycles. The largest absolute Gasteiger partial charge is 0.494 e. The highest BCUT2D eigenvalue weighted by Gasteiger charge is 2.55. The summed E-state index contributed by atoms with van der Waals surface area (Å²) in [7, 11) is 0.896. The van der Waals surface area contributed by atoms with Crippen LogP contribution in [0.1, 0.15) is 72.7 Å². The fraction of sp³-hybridized carbons (Fsp3) is 0.607. The van der Waals surface area contributed by atoms with Crippen molar-refractivity contribution in [1.29, 1.82) is 0 Å². The van der Waals surface area contributed by atoms with Gasteiger partial charge in [0.1, 0.15) is 11.9 Å². The van der Waals surface area contributed by atoms with Crippen molar-refractivity contribution in [1.82, 2.24) is 20.2 Å². The van der Waals surface area contributed by atoms with Gasteiger partial charge in [-0.05, 0) is 69.3 Å². The number of hydrogen-bond donors (Lipinski definition) is 2. The Hall–Kier alpha value is -2.85. The first-order valence-electron chi connectivity index (χ1n) is 13.5. The number of carbonyl (C=O) groups excluding carboxylic acids is 2. The van der Waals surface area contributed by atoms with Crippen LogP contribution < -0.4 is 10.8 Å². The van der Waals surface area contributed by atoms with Crippen molar-refractivity contribution in [3.63, 3.8) is 0 Å². The van der Waals surface area contributed by atoms with Gasteiger partial charge in [0, 0.05) is 6.54 Å². The van der Waals surface area contributed by atoms with Gasteiger partial charge in [-0.1, -0.05) is 38.1 Å². The number of hydrogen-bond acceptors (Lipinski definition) is 6. The maximum absolute atomic E-state index is 13.7. The van der Waals surface area contributed by atoms with Crippen LogP contribution in [0.2, 0.25) is 0 Å². The second kappa shape index (κ2) is 9.41. The Bertz CT molecular complexity index is 1190. The molecule has 3 fully saturated rings. The number of imidazole rings is 1. The molecule has 38 heavy (non-hydrogen) atoms. The summed E-state index contributed by atoms with van der Waals surface area (Å²) in [5.41, 5.74) is 2.22. The minimum Gasteiger partial charge on any atom is -0.453 e. The Morgan fingerprint density at radius 2 is 1.76 bits per heavy atom. The first-order valence-corrected chi connectivity index (χ1v) is 13.5. The Morgan fingerprint density at radius 3 is 2.32 bits per heavy atom. The molecule has 2 N–H and O–H groups in total. The van der Waals surface area contributed by atoms with E-state index in [1.807, 2.05) is 76.9 Å². The molecule has 0 bridgehead atoms. The first-order chi connectivity index (χ1) is 17.8. The molecule has 204 valence electrons. The predicted molar refractivity (Wildman–Crippen MR) is 145 cm³/mol. The summed E-state index contributed by atoms with van der Waals surface area (Å²) in [6.07, 6.45) is 4.32. The second-order valence-electron chi connectivity index (χ2n) is 12.4. The molecule has 10 heteroatoms. The average molecular weight is 522 g/mol. The molecule has 1 spiro atoms. The van der Waals surface area contributed by atoms with Crippen LogP contribution in [-0.2, 0) is 18.8 Å². The number of ether oxygens (including phenoxy) is 1. The number of alkyl carbamates (subject to hydrolysis) is 1. The molecule has 1 aromatic heterocycles. The summed E-state index contributed by atoms with van der Waals surface area (Å²) in [5.74, 6) is 0.601. The van der Waals surface area contributed by atoms with Gasteiger partial charge in [0.25, 0.3) is 0 Å². The van der Waals surface area contributed by atoms with Crippen LogP contribution in [0, 0.1) is 11.3 Å². The summed E-state index contributed by atoms with van der Waals surface area (Å²) in [6.45, 7) is 12.7. The average Bonchev–Trinajstić information content (AvgIpc) is 3.18. The van der Waals surface area contributed by atoms with Gasteiger partial charge in [0.2, 0.25) is 5.91 Å². The smallest absolute Gasteiger partial charge is 0.453 e. The van der Waals surface area contributed by atoms with Crippen LogP contribution >= 0.6 is 0 Å². The van der Waals surface area contributed by atoms with Gasteiger partial charge >= 0.3 is 13.2 Å². The lowest BCUT2D eigenvalue weighted by Crippen LogP contribution is -2.51. The molecule has 2 aromatic rings. The number of rotatable bonds is 6. The van der Waals surface area contributed by atoms with Crippen molar-refractivity contribution < 1.29 is 23.6 Å². The lowest BCUT2D eigenvalue weighted by atomic mass is 9.79. The molecule has 5 rings (SSSR count). The van der Waals surface area contributed by atoms with E-state index >= 15 is 0 Å². The van der Waals surface area contributed by atoms with Crippen molar-refractivity contribution in [3.05, 3.63) is 36.3 Å². The van der Waals surface area contributed by atoms with Gasteiger partial charge in [-0.15, -0.1) is 0 Å². The number of nitrogens with zero attached hydrogens (tertiary/aromatic N) is 2. The van der Waals surface area contributed by atoms with E-state index in [2.05, 4.69) is 10.3 Å². The van der Waals surface area contributed by atoms with Crippen LogP contribution in [0.15, 0.2) is 30.5 Å². The molecular weight excluding hydrogens is 483 g/mol. The van der Waals surface area contributed by atoms with E-state index in [1.54, 1.807) is 0 Å². The van der Waals surface area contributed by atoms with E-state index in [0.29, 0.717) is 6.54 Å². The summed E-state index contributed by atoms with van der Waals surface area (Å²) in [6, 6.07) is 7.29. The molecular formula is C28H39BN4O5. The molecule has 0 radical (unpaired) electrons. The number of nitrogens with one attached hydrogen (secondary N) is 2. The molecule has 2 atom stereocenters. The zero-order valence-corrected chi connectivity index (χ0v) is 23.5. The molecule has 2 amide bonds. The van der Waals surface area contributed by atoms with Crippen molar-refractivity contribution in [3.8, 4) is 11.3 Å². The van der Waals surface area contributed by atoms with E-state index in [0.717, 1.165) is 41.8 Å². The van der Waals surface area contributed by atoms with Gasteiger partial charge in [0.15, 0.2) is 0 Å². The molecule has 3 heterocycles. The third-order valence-electron chi connectivity index (χ3n) is 8.80. The summed E-state index contributed by atoms with van der Waals surface area (Å²) < 4.78 is 17.1. The number of amides is 2. The van der Waals surface area contributed by atoms with E-state index in [9.17, 15) is 9.59 Å². The lowest BCUT2D eigenvalue weighted by Gasteiger charge is -2.32. The van der Waals surface area contributed by atoms with Gasteiger partial charge < -0.3 is 29.2 Å². The standard InChI is InChI=1S/C28H39BN4O5/c1-17(2)22(32-25(35)36-7)24(34)33-16-28(12-13-28)14-21(33)23-30-15-20(31-23)18-8-10-19(11-9-18)29-37-26(3,4)27(5,6)38-29/h8-11,15,17,21-22H,12-14,16H2,1-7H3,(H,30,31)(H,32,35)/t21?,22-/m0/s1. The lowest BCUT2D eigenvalue weighted by molar-refractivity contribution is -0.135. The van der Waals surface area contributed by atoms with Crippen LogP contribution in [0.3, 0.4) is 0 Å². The van der Waals surface area contributed by atoms with E-state index in [-0.39, 0.29) is 34.5 Å². The number of H-pyrrole nitrogens is 1. The number of carbonyl (C=O) groups is 2. The van der Waals surface area contributed by atoms with Crippen LogP contribution in [0.25, 0.3) is 11.3 Å². The van der Waals surface area contributed by atoms with Crippen LogP contribution in [0.4, 0.5) is 4.79 Å². The zero-order valence-electron chi connectivity index (χ0n) is 23.5. The molecule has 9 nitrogen and oxygen atoms in total. The van der Waals surface area contributed by atoms with Crippen LogP contribution in [0.5, 0.6) is 0 Å². The molecule has 1 saturated carbocycles. The number of benzene rings is 1. The molecule has 1 unspecified atom stereocenters. The Labute approximate surface area is 225 Å². The first kappa shape index (κ1) is 26.7.